The molecule has 9 heteroatoms. The van der Waals surface area contributed by atoms with Gasteiger partial charge in [-0.05, 0) is 49.8 Å². The summed E-state index contributed by atoms with van der Waals surface area (Å²) in [5, 5.41) is 8.84. The number of likely N-dealkylation sites (tertiary alicyclic amines) is 1. The Kier molecular flexibility index (Phi) is 9.50. The zero-order valence-corrected chi connectivity index (χ0v) is 19.9. The molecule has 0 unspecified atom stereocenters. The molecule has 3 N–H and O–H groups in total. The van der Waals surface area contributed by atoms with Gasteiger partial charge in [-0.15, -0.1) is 0 Å². The predicted octanol–water partition coefficient (Wildman–Crippen LogP) is 2.00. The van der Waals surface area contributed by atoms with Crippen LogP contribution in [0, 0.1) is 5.92 Å². The normalized spacial score (nSPS) is 17.6. The lowest BCUT2D eigenvalue weighted by Crippen LogP contribution is -2.55. The standard InChI is InChI=1S/C23H33ClN4O4/c1-14(2)12-19(27-16(4)29)21(30)26-15(3)23(32)28-11-5-6-20(28)22(31)25-13-17-7-9-18(24)10-8-17/h7-10,14-15,19-20H,5-6,11-13H2,1-4H3,(H,25,31)(H,26,30)(H,27,29)/t15-,19-,20-/m0/s1. The van der Waals surface area contributed by atoms with Gasteiger partial charge in [0.05, 0.1) is 0 Å². The maximum Gasteiger partial charge on any atom is 0.245 e. The molecule has 0 spiro atoms. The van der Waals surface area contributed by atoms with Crippen LogP contribution in [0.2, 0.25) is 5.02 Å². The summed E-state index contributed by atoms with van der Waals surface area (Å²) >= 11 is 5.88. The van der Waals surface area contributed by atoms with Crippen LogP contribution >= 0.6 is 11.6 Å². The van der Waals surface area contributed by atoms with Gasteiger partial charge in [0, 0.05) is 25.0 Å². The Morgan fingerprint density at radius 3 is 2.34 bits per heavy atom. The van der Waals surface area contributed by atoms with Gasteiger partial charge in [0.1, 0.15) is 18.1 Å². The highest BCUT2D eigenvalue weighted by atomic mass is 35.5. The van der Waals surface area contributed by atoms with Gasteiger partial charge in [-0.1, -0.05) is 37.6 Å². The highest BCUT2D eigenvalue weighted by Crippen LogP contribution is 2.19. The van der Waals surface area contributed by atoms with E-state index >= 15 is 0 Å². The Hall–Kier alpha value is -2.61. The van der Waals surface area contributed by atoms with Crippen LogP contribution in [0.25, 0.3) is 0 Å². The van der Waals surface area contributed by atoms with Crippen LogP contribution in [-0.4, -0.2) is 53.2 Å². The van der Waals surface area contributed by atoms with Crippen LogP contribution in [0.3, 0.4) is 0 Å². The van der Waals surface area contributed by atoms with E-state index in [-0.39, 0.29) is 23.6 Å². The molecule has 1 aliphatic heterocycles. The Morgan fingerprint density at radius 1 is 1.09 bits per heavy atom. The van der Waals surface area contributed by atoms with Crippen LogP contribution in [-0.2, 0) is 25.7 Å². The van der Waals surface area contributed by atoms with Gasteiger partial charge < -0.3 is 20.9 Å². The van der Waals surface area contributed by atoms with Crippen molar-refractivity contribution in [2.24, 2.45) is 5.92 Å². The van der Waals surface area contributed by atoms with E-state index in [1.54, 1.807) is 19.1 Å². The van der Waals surface area contributed by atoms with Crippen molar-refractivity contribution in [1.29, 1.82) is 0 Å². The molecule has 2 rings (SSSR count). The van der Waals surface area contributed by atoms with Crippen molar-refractivity contribution in [1.82, 2.24) is 20.9 Å². The fraction of sp³-hybridized carbons (Fsp3) is 0.565. The number of benzene rings is 1. The molecule has 1 heterocycles. The number of hydrogen-bond donors (Lipinski definition) is 3. The van der Waals surface area contributed by atoms with Crippen molar-refractivity contribution >= 4 is 35.2 Å². The SMILES string of the molecule is CC(=O)N[C@@H](CC(C)C)C(=O)N[C@@H](C)C(=O)N1CCC[C@H]1C(=O)NCc1ccc(Cl)cc1. The maximum absolute atomic E-state index is 13.0. The first kappa shape index (κ1) is 25.6. The lowest BCUT2D eigenvalue weighted by Gasteiger charge is -2.28. The van der Waals surface area contributed by atoms with Crippen LogP contribution < -0.4 is 16.0 Å². The Labute approximate surface area is 194 Å². The molecule has 0 bridgehead atoms. The van der Waals surface area contributed by atoms with Gasteiger partial charge in [0.2, 0.25) is 23.6 Å². The first-order chi connectivity index (χ1) is 15.1. The number of nitrogens with one attached hydrogen (secondary N) is 3. The smallest absolute Gasteiger partial charge is 0.245 e. The van der Waals surface area contributed by atoms with E-state index in [0.29, 0.717) is 37.4 Å². The average molecular weight is 465 g/mol. The second-order valence-electron chi connectivity index (χ2n) is 8.65. The van der Waals surface area contributed by atoms with Gasteiger partial charge in [-0.2, -0.15) is 0 Å². The molecular weight excluding hydrogens is 432 g/mol. The topological polar surface area (TPSA) is 108 Å². The number of carbonyl (C=O) groups excluding carboxylic acids is 4. The Morgan fingerprint density at radius 2 is 1.75 bits per heavy atom. The monoisotopic (exact) mass is 464 g/mol. The van der Waals surface area contributed by atoms with E-state index in [0.717, 1.165) is 5.56 Å². The fourth-order valence-electron chi connectivity index (χ4n) is 3.79. The van der Waals surface area contributed by atoms with Gasteiger partial charge in [-0.25, -0.2) is 0 Å². The third-order valence-electron chi connectivity index (χ3n) is 5.35. The van der Waals surface area contributed by atoms with E-state index in [1.165, 1.54) is 11.8 Å². The van der Waals surface area contributed by atoms with E-state index < -0.39 is 24.0 Å². The molecule has 0 saturated carbocycles. The fourth-order valence-corrected chi connectivity index (χ4v) is 3.91. The summed E-state index contributed by atoms with van der Waals surface area (Å²) in [4.78, 5) is 51.4. The highest BCUT2D eigenvalue weighted by molar-refractivity contribution is 6.30. The quantitative estimate of drug-likeness (QED) is 0.519. The number of halogens is 1. The highest BCUT2D eigenvalue weighted by Gasteiger charge is 2.36. The van der Waals surface area contributed by atoms with Gasteiger partial charge >= 0.3 is 0 Å². The summed E-state index contributed by atoms with van der Waals surface area (Å²) in [6.07, 6.45) is 1.75. The maximum atomic E-state index is 13.0. The van der Waals surface area contributed by atoms with Crippen molar-refractivity contribution in [3.8, 4) is 0 Å². The van der Waals surface area contributed by atoms with E-state index in [1.807, 2.05) is 26.0 Å². The van der Waals surface area contributed by atoms with Crippen molar-refractivity contribution in [2.45, 2.75) is 71.6 Å². The minimum Gasteiger partial charge on any atom is -0.350 e. The first-order valence-corrected chi connectivity index (χ1v) is 11.4. The second-order valence-corrected chi connectivity index (χ2v) is 9.08. The molecule has 176 valence electrons. The molecule has 1 aliphatic rings. The molecule has 1 aromatic carbocycles. The van der Waals surface area contributed by atoms with Gasteiger partial charge in [0.15, 0.2) is 0 Å². The summed E-state index contributed by atoms with van der Waals surface area (Å²) < 4.78 is 0. The van der Waals surface area contributed by atoms with Crippen LogP contribution in [0.1, 0.15) is 52.5 Å². The third kappa shape index (κ3) is 7.51. The second kappa shape index (κ2) is 11.9. The van der Waals surface area contributed by atoms with Crippen molar-refractivity contribution in [2.75, 3.05) is 6.54 Å². The van der Waals surface area contributed by atoms with Crippen molar-refractivity contribution in [3.05, 3.63) is 34.9 Å². The summed E-state index contributed by atoms with van der Waals surface area (Å²) in [5.74, 6) is -1.05. The van der Waals surface area contributed by atoms with Crippen LogP contribution in [0.5, 0.6) is 0 Å². The summed E-state index contributed by atoms with van der Waals surface area (Å²) in [6.45, 7) is 7.66. The molecule has 0 radical (unpaired) electrons. The van der Waals surface area contributed by atoms with Crippen molar-refractivity contribution in [3.63, 3.8) is 0 Å². The van der Waals surface area contributed by atoms with E-state index in [4.69, 9.17) is 11.6 Å². The number of amides is 4. The molecular formula is C23H33ClN4O4. The van der Waals surface area contributed by atoms with Gasteiger partial charge in [-0.3, -0.25) is 19.2 Å². The molecule has 32 heavy (non-hydrogen) atoms. The van der Waals surface area contributed by atoms with E-state index in [9.17, 15) is 19.2 Å². The summed E-state index contributed by atoms with van der Waals surface area (Å²) in [7, 11) is 0. The minimum absolute atomic E-state index is 0.191. The van der Waals surface area contributed by atoms with Crippen molar-refractivity contribution < 1.29 is 19.2 Å². The first-order valence-electron chi connectivity index (χ1n) is 11.0. The largest absolute Gasteiger partial charge is 0.350 e. The summed E-state index contributed by atoms with van der Waals surface area (Å²) in [5.41, 5.74) is 0.911. The van der Waals surface area contributed by atoms with Crippen LogP contribution in [0.4, 0.5) is 0 Å². The molecule has 0 aromatic heterocycles. The minimum atomic E-state index is -0.810. The lowest BCUT2D eigenvalue weighted by atomic mass is 10.0. The number of carbonyl (C=O) groups is 4. The Balaban J connectivity index is 1.95. The van der Waals surface area contributed by atoms with Crippen LogP contribution in [0.15, 0.2) is 24.3 Å². The average Bonchev–Trinajstić information content (AvgIpc) is 3.21. The zero-order valence-electron chi connectivity index (χ0n) is 19.1. The molecule has 4 amide bonds. The molecule has 3 atom stereocenters. The third-order valence-corrected chi connectivity index (χ3v) is 5.60. The Bertz CT molecular complexity index is 828. The van der Waals surface area contributed by atoms with Gasteiger partial charge in [0.25, 0.3) is 0 Å². The number of rotatable bonds is 9. The number of hydrogen-bond acceptors (Lipinski definition) is 4. The number of nitrogens with zero attached hydrogens (tertiary/aromatic N) is 1. The predicted molar refractivity (Wildman–Crippen MR) is 123 cm³/mol. The summed E-state index contributed by atoms with van der Waals surface area (Å²) in [6, 6.07) is 5.09. The molecule has 0 aliphatic carbocycles. The molecule has 1 aromatic rings. The zero-order chi connectivity index (χ0) is 23.8. The molecule has 1 fully saturated rings. The lowest BCUT2D eigenvalue weighted by molar-refractivity contribution is -0.141. The molecule has 8 nitrogen and oxygen atoms in total. The molecule has 1 saturated heterocycles. The van der Waals surface area contributed by atoms with E-state index in [2.05, 4.69) is 16.0 Å².